The van der Waals surface area contributed by atoms with Gasteiger partial charge in [-0.2, -0.15) is 9.61 Å². The van der Waals surface area contributed by atoms with Gasteiger partial charge in [-0.1, -0.05) is 49.4 Å². The maximum absolute atomic E-state index is 4.76. The van der Waals surface area contributed by atoms with E-state index in [9.17, 15) is 0 Å². The Labute approximate surface area is 153 Å². The minimum Gasteiger partial charge on any atom is -0.340 e. The molecule has 0 fully saturated rings. The van der Waals surface area contributed by atoms with Gasteiger partial charge in [0.2, 0.25) is 0 Å². The van der Waals surface area contributed by atoms with Gasteiger partial charge in [-0.25, -0.2) is 4.98 Å². The average Bonchev–Trinajstić information content (AvgIpc) is 2.99. The van der Waals surface area contributed by atoms with Gasteiger partial charge in [-0.15, -0.1) is 0 Å². The van der Waals surface area contributed by atoms with E-state index in [4.69, 9.17) is 10.1 Å². The van der Waals surface area contributed by atoms with Crippen molar-refractivity contribution in [2.75, 3.05) is 5.32 Å². The van der Waals surface area contributed by atoms with Crippen molar-refractivity contribution >= 4 is 17.2 Å². The molecule has 4 heteroatoms. The summed E-state index contributed by atoms with van der Waals surface area (Å²) in [6, 6.07) is 20.9. The van der Waals surface area contributed by atoms with Crippen molar-refractivity contribution in [2.24, 2.45) is 0 Å². The molecule has 1 N–H and O–H groups in total. The Kier molecular flexibility index (Phi) is 4.17. The number of hydrogen-bond donors (Lipinski definition) is 1. The van der Waals surface area contributed by atoms with Crippen LogP contribution in [-0.4, -0.2) is 14.6 Å². The molecule has 4 aromatic rings. The largest absolute Gasteiger partial charge is 0.340 e. The van der Waals surface area contributed by atoms with Crippen LogP contribution in [0, 0.1) is 13.8 Å². The minimum atomic E-state index is 0.876. The third-order valence-corrected chi connectivity index (χ3v) is 4.59. The van der Waals surface area contributed by atoms with Crippen LogP contribution in [0.4, 0.5) is 11.5 Å². The molecule has 130 valence electrons. The fourth-order valence-electron chi connectivity index (χ4n) is 3.25. The second kappa shape index (κ2) is 6.64. The molecule has 0 amide bonds. The molecular weight excluding hydrogens is 320 g/mol. The zero-order chi connectivity index (χ0) is 18.1. The van der Waals surface area contributed by atoms with Gasteiger partial charge in [-0.05, 0) is 43.5 Å². The van der Waals surface area contributed by atoms with E-state index in [1.807, 2.05) is 42.6 Å². The molecule has 0 atom stereocenters. The number of anilines is 2. The van der Waals surface area contributed by atoms with Crippen molar-refractivity contribution in [3.8, 4) is 11.1 Å². The van der Waals surface area contributed by atoms with Gasteiger partial charge in [0.15, 0.2) is 5.65 Å². The highest BCUT2D eigenvalue weighted by Gasteiger charge is 2.15. The Morgan fingerprint density at radius 2 is 1.69 bits per heavy atom. The lowest BCUT2D eigenvalue weighted by atomic mass is 10.1. The molecule has 0 saturated heterocycles. The Balaban J connectivity index is 1.83. The molecule has 0 radical (unpaired) electrons. The highest BCUT2D eigenvalue weighted by atomic mass is 15.3. The molecule has 0 spiro atoms. The Bertz CT molecular complexity index is 1050. The molecule has 0 aliphatic carbocycles. The summed E-state index contributed by atoms with van der Waals surface area (Å²) >= 11 is 0. The Morgan fingerprint density at radius 1 is 0.962 bits per heavy atom. The van der Waals surface area contributed by atoms with Crippen molar-refractivity contribution in [3.05, 3.63) is 77.6 Å². The van der Waals surface area contributed by atoms with Crippen molar-refractivity contribution in [3.63, 3.8) is 0 Å². The highest BCUT2D eigenvalue weighted by molar-refractivity contribution is 5.81. The van der Waals surface area contributed by atoms with Gasteiger partial charge < -0.3 is 5.32 Å². The van der Waals surface area contributed by atoms with E-state index >= 15 is 0 Å². The summed E-state index contributed by atoms with van der Waals surface area (Å²) in [4.78, 5) is 4.76. The summed E-state index contributed by atoms with van der Waals surface area (Å²) in [6.45, 7) is 6.21. The predicted molar refractivity (Wildman–Crippen MR) is 107 cm³/mol. The monoisotopic (exact) mass is 342 g/mol. The first kappa shape index (κ1) is 16.3. The second-order valence-corrected chi connectivity index (χ2v) is 6.52. The molecule has 2 aromatic heterocycles. The molecule has 4 nitrogen and oxygen atoms in total. The number of nitrogens with one attached hydrogen (secondary N) is 1. The number of hydrogen-bond acceptors (Lipinski definition) is 3. The van der Waals surface area contributed by atoms with Gasteiger partial charge in [0.1, 0.15) is 5.82 Å². The van der Waals surface area contributed by atoms with E-state index in [-0.39, 0.29) is 0 Å². The molecule has 2 aromatic carbocycles. The van der Waals surface area contributed by atoms with E-state index in [0.717, 1.165) is 46.1 Å². The Hall–Kier alpha value is -3.14. The van der Waals surface area contributed by atoms with Crippen LogP contribution in [-0.2, 0) is 6.42 Å². The van der Waals surface area contributed by atoms with Crippen LogP contribution in [0.15, 0.2) is 60.7 Å². The van der Waals surface area contributed by atoms with Gasteiger partial charge in [0.05, 0.1) is 5.69 Å². The third kappa shape index (κ3) is 2.94. The SMILES string of the molecule is CCc1ccc(Nc2cc(C)nc3c(-c4ccccc4)c(C)nn23)cc1. The second-order valence-electron chi connectivity index (χ2n) is 6.52. The Morgan fingerprint density at radius 3 is 2.38 bits per heavy atom. The number of rotatable bonds is 4. The number of nitrogens with zero attached hydrogens (tertiary/aromatic N) is 3. The molecule has 0 aliphatic rings. The maximum Gasteiger partial charge on any atom is 0.165 e. The van der Waals surface area contributed by atoms with Crippen LogP contribution in [0.25, 0.3) is 16.8 Å². The van der Waals surface area contributed by atoms with Gasteiger partial charge in [-0.3, -0.25) is 0 Å². The zero-order valence-electron chi connectivity index (χ0n) is 15.3. The van der Waals surface area contributed by atoms with E-state index in [1.165, 1.54) is 5.56 Å². The van der Waals surface area contributed by atoms with E-state index < -0.39 is 0 Å². The molecular formula is C22H22N4. The van der Waals surface area contributed by atoms with E-state index in [1.54, 1.807) is 0 Å². The fraction of sp³-hybridized carbons (Fsp3) is 0.182. The van der Waals surface area contributed by atoms with Crippen molar-refractivity contribution in [1.82, 2.24) is 14.6 Å². The van der Waals surface area contributed by atoms with Crippen LogP contribution in [0.3, 0.4) is 0 Å². The molecule has 0 unspecified atom stereocenters. The molecule has 0 bridgehead atoms. The lowest BCUT2D eigenvalue weighted by molar-refractivity contribution is 0.917. The lowest BCUT2D eigenvalue weighted by Crippen LogP contribution is -2.02. The summed E-state index contributed by atoms with van der Waals surface area (Å²) in [5.74, 6) is 0.919. The van der Waals surface area contributed by atoms with E-state index in [2.05, 4.69) is 48.6 Å². The first-order valence-corrected chi connectivity index (χ1v) is 8.94. The summed E-state index contributed by atoms with van der Waals surface area (Å²) in [7, 11) is 0. The van der Waals surface area contributed by atoms with Crippen molar-refractivity contribution in [1.29, 1.82) is 0 Å². The van der Waals surface area contributed by atoms with Crippen LogP contribution in [0.1, 0.15) is 23.9 Å². The summed E-state index contributed by atoms with van der Waals surface area (Å²) < 4.78 is 1.90. The van der Waals surface area contributed by atoms with Gasteiger partial charge in [0, 0.05) is 23.0 Å². The van der Waals surface area contributed by atoms with Crippen LogP contribution in [0.2, 0.25) is 0 Å². The fourth-order valence-corrected chi connectivity index (χ4v) is 3.25. The average molecular weight is 342 g/mol. The summed E-state index contributed by atoms with van der Waals surface area (Å²) in [6.07, 6.45) is 1.04. The normalized spacial score (nSPS) is 11.0. The predicted octanol–water partition coefficient (Wildman–Crippen LogP) is 5.32. The molecule has 0 aliphatic heterocycles. The number of aryl methyl sites for hydroxylation is 3. The standard InChI is InChI=1S/C22H22N4/c1-4-17-10-12-19(13-11-17)24-20-14-15(2)23-22-21(16(3)25-26(20)22)18-8-6-5-7-9-18/h5-14,24H,4H2,1-3H3. The van der Waals surface area contributed by atoms with Crippen LogP contribution >= 0.6 is 0 Å². The number of benzene rings is 2. The molecule has 0 saturated carbocycles. The lowest BCUT2D eigenvalue weighted by Gasteiger charge is -2.10. The smallest absolute Gasteiger partial charge is 0.165 e. The van der Waals surface area contributed by atoms with Crippen LogP contribution in [0.5, 0.6) is 0 Å². The number of aromatic nitrogens is 3. The summed E-state index contributed by atoms with van der Waals surface area (Å²) in [5, 5.41) is 8.24. The molecule has 2 heterocycles. The minimum absolute atomic E-state index is 0.876. The number of fused-ring (bicyclic) bond motifs is 1. The molecule has 4 rings (SSSR count). The zero-order valence-corrected chi connectivity index (χ0v) is 15.3. The van der Waals surface area contributed by atoms with Crippen molar-refractivity contribution < 1.29 is 0 Å². The first-order chi connectivity index (χ1) is 12.7. The highest BCUT2D eigenvalue weighted by Crippen LogP contribution is 2.29. The quantitative estimate of drug-likeness (QED) is 0.546. The maximum atomic E-state index is 4.76. The third-order valence-electron chi connectivity index (χ3n) is 4.59. The first-order valence-electron chi connectivity index (χ1n) is 8.94. The molecule has 26 heavy (non-hydrogen) atoms. The summed E-state index contributed by atoms with van der Waals surface area (Å²) in [5.41, 5.74) is 7.40. The van der Waals surface area contributed by atoms with Gasteiger partial charge in [0.25, 0.3) is 0 Å². The van der Waals surface area contributed by atoms with Crippen LogP contribution < -0.4 is 5.32 Å². The van der Waals surface area contributed by atoms with Gasteiger partial charge >= 0.3 is 0 Å². The van der Waals surface area contributed by atoms with Crippen molar-refractivity contribution in [2.45, 2.75) is 27.2 Å². The topological polar surface area (TPSA) is 42.2 Å². The van der Waals surface area contributed by atoms with E-state index in [0.29, 0.717) is 0 Å².